The highest BCUT2D eigenvalue weighted by Gasteiger charge is 2.38. The molecule has 0 bridgehead atoms. The quantitative estimate of drug-likeness (QED) is 0.369. The number of piperidine rings is 1. The summed E-state index contributed by atoms with van der Waals surface area (Å²) in [7, 11) is 0. The van der Waals surface area contributed by atoms with Crippen molar-refractivity contribution in [3.8, 4) is 23.2 Å². The molecule has 4 saturated heterocycles. The number of carbonyl (C=O) groups excluding carboxylic acids is 2. The van der Waals surface area contributed by atoms with Gasteiger partial charge in [0, 0.05) is 68.0 Å². The number of nitrogens with one attached hydrogen (secondary N) is 2. The number of carbonyl (C=O) groups is 2. The molecule has 4 aliphatic heterocycles. The van der Waals surface area contributed by atoms with E-state index in [0.717, 1.165) is 56.8 Å². The number of piperazine rings is 1. The highest BCUT2D eigenvalue weighted by molar-refractivity contribution is 8.14. The van der Waals surface area contributed by atoms with Crippen molar-refractivity contribution >= 4 is 40.1 Å². The lowest BCUT2D eigenvalue weighted by Crippen LogP contribution is -2.56. The molecule has 0 aliphatic carbocycles. The summed E-state index contributed by atoms with van der Waals surface area (Å²) in [5.74, 6) is 1.35. The molecule has 2 amide bonds. The van der Waals surface area contributed by atoms with Crippen LogP contribution in [0.1, 0.15) is 12.0 Å². The Bertz CT molecular complexity index is 1660. The predicted octanol–water partition coefficient (Wildman–Crippen LogP) is 3.42. The molecule has 2 aromatic carbocycles. The van der Waals surface area contributed by atoms with Crippen LogP contribution in [-0.2, 0) is 9.53 Å². The Morgan fingerprint density at radius 3 is 2.60 bits per heavy atom. The van der Waals surface area contributed by atoms with Crippen LogP contribution in [-0.4, -0.2) is 114 Å². The van der Waals surface area contributed by atoms with Crippen LogP contribution < -0.4 is 20.3 Å². The summed E-state index contributed by atoms with van der Waals surface area (Å²) in [4.78, 5) is 39.6. The van der Waals surface area contributed by atoms with Gasteiger partial charge in [-0.25, -0.2) is 14.4 Å². The highest BCUT2D eigenvalue weighted by Crippen LogP contribution is 2.30. The van der Waals surface area contributed by atoms with E-state index in [9.17, 15) is 14.9 Å². The number of amides is 2. The number of rotatable bonds is 8. The van der Waals surface area contributed by atoms with Crippen LogP contribution in [0.5, 0.6) is 5.75 Å². The maximum Gasteiger partial charge on any atom is 0.279 e. The maximum atomic E-state index is 15.2. The van der Waals surface area contributed by atoms with E-state index in [1.165, 1.54) is 10.6 Å². The Morgan fingerprint density at radius 1 is 1.11 bits per heavy atom. The van der Waals surface area contributed by atoms with Gasteiger partial charge in [0.05, 0.1) is 31.4 Å². The predicted molar refractivity (Wildman–Crippen MR) is 176 cm³/mol. The van der Waals surface area contributed by atoms with Crippen molar-refractivity contribution in [2.75, 3.05) is 68.5 Å². The zero-order chi connectivity index (χ0) is 32.3. The van der Waals surface area contributed by atoms with E-state index < -0.39 is 18.3 Å². The monoisotopic (exact) mass is 658 g/mol. The minimum atomic E-state index is -1.44. The number of hydrogen-bond acceptors (Lipinski definition) is 11. The zero-order valence-corrected chi connectivity index (χ0v) is 26.5. The molecule has 0 saturated carbocycles. The molecule has 47 heavy (non-hydrogen) atoms. The van der Waals surface area contributed by atoms with Gasteiger partial charge < -0.3 is 29.9 Å². The van der Waals surface area contributed by atoms with Gasteiger partial charge in [0.1, 0.15) is 29.8 Å². The molecule has 7 rings (SSSR count). The minimum Gasteiger partial charge on any atom is -0.486 e. The molecule has 4 fully saturated rings. The Labute approximate surface area is 276 Å². The average molecular weight is 659 g/mol. The summed E-state index contributed by atoms with van der Waals surface area (Å²) in [5.41, 5.74) is 2.93. The number of benzene rings is 2. The van der Waals surface area contributed by atoms with E-state index >= 15 is 4.39 Å². The second-order valence-corrected chi connectivity index (χ2v) is 13.0. The van der Waals surface area contributed by atoms with Crippen molar-refractivity contribution in [2.45, 2.75) is 30.8 Å². The van der Waals surface area contributed by atoms with Crippen molar-refractivity contribution in [3.63, 3.8) is 0 Å². The van der Waals surface area contributed by atoms with Crippen LogP contribution in [0.3, 0.4) is 0 Å². The van der Waals surface area contributed by atoms with Crippen LogP contribution in [0.4, 0.5) is 26.4 Å². The van der Waals surface area contributed by atoms with Gasteiger partial charge in [0.25, 0.3) is 5.24 Å². The Hall–Kier alpha value is -4.45. The Balaban J connectivity index is 0.956. The molecule has 2 N–H and O–H groups in total. The van der Waals surface area contributed by atoms with Crippen LogP contribution in [0.25, 0.3) is 11.4 Å². The van der Waals surface area contributed by atoms with E-state index in [1.807, 2.05) is 12.1 Å². The van der Waals surface area contributed by atoms with Crippen LogP contribution in [0.2, 0.25) is 0 Å². The number of hydrogen-bond donors (Lipinski definition) is 2. The molecule has 5 heterocycles. The molecule has 0 unspecified atom stereocenters. The summed E-state index contributed by atoms with van der Waals surface area (Å²) in [5, 5.41) is 15.6. The topological polar surface area (TPSA) is 136 Å². The van der Waals surface area contributed by atoms with E-state index in [0.29, 0.717) is 35.5 Å². The third kappa shape index (κ3) is 6.97. The first-order chi connectivity index (χ1) is 22.9. The first-order valence-corrected chi connectivity index (χ1v) is 16.8. The van der Waals surface area contributed by atoms with Crippen LogP contribution in [0, 0.1) is 11.3 Å². The molecule has 3 aromatic rings. The first kappa shape index (κ1) is 31.2. The van der Waals surface area contributed by atoms with Crippen molar-refractivity contribution in [2.24, 2.45) is 0 Å². The summed E-state index contributed by atoms with van der Waals surface area (Å²) < 4.78 is 26.5. The molecular formula is C33H35FN8O4S. The second kappa shape index (κ2) is 13.7. The van der Waals surface area contributed by atoms with Crippen molar-refractivity contribution in [1.82, 2.24) is 25.1 Å². The van der Waals surface area contributed by atoms with Crippen LogP contribution in [0.15, 0.2) is 54.7 Å². The van der Waals surface area contributed by atoms with E-state index in [1.54, 1.807) is 30.5 Å². The molecule has 244 valence electrons. The largest absolute Gasteiger partial charge is 0.486 e. The first-order valence-electron chi connectivity index (χ1n) is 15.8. The van der Waals surface area contributed by atoms with Gasteiger partial charge in [-0.1, -0.05) is 11.8 Å². The smallest absolute Gasteiger partial charge is 0.279 e. The number of anilines is 3. The van der Waals surface area contributed by atoms with Gasteiger partial charge >= 0.3 is 0 Å². The number of nitriles is 1. The number of nitrogens with zero attached hydrogens (tertiary/aromatic N) is 6. The SMILES string of the molecule is N#Cc1cc(-c2nccc(Nc3ccc(N4CCN(C5COC5)CC4)cc3)n2)ccc1O[C@H]1CCN(C(=O)[C@@H]2CSC(=O)N2)C[C@H]1F. The van der Waals surface area contributed by atoms with Gasteiger partial charge in [-0.05, 0) is 48.5 Å². The zero-order valence-electron chi connectivity index (χ0n) is 25.7. The number of halogens is 1. The molecular weight excluding hydrogens is 623 g/mol. The minimum absolute atomic E-state index is 0.134. The maximum absolute atomic E-state index is 15.2. The Morgan fingerprint density at radius 2 is 1.91 bits per heavy atom. The molecule has 1 aromatic heterocycles. The fourth-order valence-corrected chi connectivity index (χ4v) is 7.00. The standard InChI is InChI=1S/C33H35FN8O4S/c34-26-17-42(32(43)27-20-47-33(44)38-27)10-8-29(26)46-28-6-1-21(15-22(28)16-35)31-36-9-7-30(39-31)37-23-2-4-24(5-3-23)40-11-13-41(14-12-40)25-18-45-19-25/h1-7,9,15,25-27,29H,8,10-14,17-20H2,(H,38,44)(H,36,37,39)/t26-,27+,29+/m1/s1. The fourth-order valence-electron chi connectivity index (χ4n) is 6.23. The Kier molecular flexibility index (Phi) is 9.10. The number of ether oxygens (including phenoxy) is 2. The highest BCUT2D eigenvalue weighted by atomic mass is 32.2. The van der Waals surface area contributed by atoms with Gasteiger partial charge in [-0.3, -0.25) is 14.5 Å². The molecule has 0 radical (unpaired) electrons. The molecule has 12 nitrogen and oxygen atoms in total. The van der Waals surface area contributed by atoms with E-state index in [2.05, 4.69) is 48.6 Å². The lowest BCUT2D eigenvalue weighted by Gasteiger charge is -2.43. The van der Waals surface area contributed by atoms with Crippen LogP contribution >= 0.6 is 11.8 Å². The van der Waals surface area contributed by atoms with Crippen molar-refractivity contribution in [3.05, 3.63) is 60.3 Å². The van der Waals surface area contributed by atoms with Gasteiger partial charge in [0.2, 0.25) is 5.91 Å². The summed E-state index contributed by atoms with van der Waals surface area (Å²) >= 11 is 1.05. The van der Waals surface area contributed by atoms with Gasteiger partial charge in [-0.2, -0.15) is 5.26 Å². The van der Waals surface area contributed by atoms with Gasteiger partial charge in [-0.15, -0.1) is 0 Å². The molecule has 4 aliphatic rings. The summed E-state index contributed by atoms with van der Waals surface area (Å²) in [6.07, 6.45) is -0.341. The normalized spacial score (nSPS) is 23.5. The van der Waals surface area contributed by atoms with E-state index in [4.69, 9.17) is 9.47 Å². The van der Waals surface area contributed by atoms with Crippen molar-refractivity contribution < 1.29 is 23.5 Å². The van der Waals surface area contributed by atoms with Gasteiger partial charge in [0.15, 0.2) is 12.0 Å². The van der Waals surface area contributed by atoms with Crippen molar-refractivity contribution in [1.29, 1.82) is 5.26 Å². The lowest BCUT2D eigenvalue weighted by atomic mass is 10.0. The second-order valence-electron chi connectivity index (χ2n) is 12.0. The molecule has 0 spiro atoms. The third-order valence-corrected chi connectivity index (χ3v) is 9.89. The fraction of sp³-hybridized carbons (Fsp3) is 0.424. The number of alkyl halides is 1. The number of thioether (sulfide) groups is 1. The number of likely N-dealkylation sites (tertiary alicyclic amines) is 1. The molecule has 3 atom stereocenters. The number of aromatic nitrogens is 2. The van der Waals surface area contributed by atoms with E-state index in [-0.39, 0.29) is 35.4 Å². The lowest BCUT2D eigenvalue weighted by molar-refractivity contribution is -0.136. The summed E-state index contributed by atoms with van der Waals surface area (Å²) in [6, 6.07) is 17.2. The third-order valence-electron chi connectivity index (χ3n) is 9.01. The molecule has 14 heteroatoms. The average Bonchev–Trinajstić information content (AvgIpc) is 3.51. The summed E-state index contributed by atoms with van der Waals surface area (Å²) in [6.45, 7) is 5.92.